The lowest BCUT2D eigenvalue weighted by atomic mass is 10.1. The predicted octanol–water partition coefficient (Wildman–Crippen LogP) is 1.61. The number of sulfonamides is 1. The van der Waals surface area contributed by atoms with Crippen LogP contribution in [0, 0.1) is 5.92 Å². The number of hydrogen-bond acceptors (Lipinski definition) is 3. The number of alkyl halides is 1. The second kappa shape index (κ2) is 7.68. The van der Waals surface area contributed by atoms with Crippen LogP contribution in [0.25, 0.3) is 0 Å². The molecule has 0 saturated carbocycles. The van der Waals surface area contributed by atoms with Crippen molar-refractivity contribution in [3.8, 4) is 0 Å². The van der Waals surface area contributed by atoms with Crippen LogP contribution in [0.2, 0.25) is 0 Å². The average Bonchev–Trinajstić information content (AvgIpc) is 2.34. The molecule has 0 aromatic rings. The molecule has 1 fully saturated rings. The summed E-state index contributed by atoms with van der Waals surface area (Å²) in [6, 6.07) is 0. The summed E-state index contributed by atoms with van der Waals surface area (Å²) in [5.41, 5.74) is 0. The molecule has 108 valence electrons. The zero-order chi connectivity index (χ0) is 13.6. The van der Waals surface area contributed by atoms with Gasteiger partial charge in [-0.2, -0.15) is 4.31 Å². The minimum Gasteiger partial charge on any atom is -0.301 e. The largest absolute Gasteiger partial charge is 0.301 e. The molecule has 1 aliphatic rings. The summed E-state index contributed by atoms with van der Waals surface area (Å²) in [5, 5.41) is 0. The maximum absolute atomic E-state index is 12.0. The van der Waals surface area contributed by atoms with E-state index in [1.54, 1.807) is 4.31 Å². The lowest BCUT2D eigenvalue weighted by Gasteiger charge is -2.34. The Morgan fingerprint density at radius 3 is 2.28 bits per heavy atom. The van der Waals surface area contributed by atoms with Gasteiger partial charge in [-0.15, -0.1) is 11.6 Å². The fourth-order valence-electron chi connectivity index (χ4n) is 2.04. The van der Waals surface area contributed by atoms with Crippen LogP contribution in [0.5, 0.6) is 0 Å². The van der Waals surface area contributed by atoms with E-state index in [1.165, 1.54) is 6.42 Å². The second-order valence-electron chi connectivity index (χ2n) is 5.28. The molecule has 0 spiro atoms. The Labute approximate surface area is 116 Å². The fourth-order valence-corrected chi connectivity index (χ4v) is 3.82. The first kappa shape index (κ1) is 16.2. The van der Waals surface area contributed by atoms with Gasteiger partial charge in [0.15, 0.2) is 0 Å². The molecule has 0 bridgehead atoms. The van der Waals surface area contributed by atoms with Crippen LogP contribution in [-0.4, -0.2) is 62.0 Å². The maximum Gasteiger partial charge on any atom is 0.214 e. The van der Waals surface area contributed by atoms with Gasteiger partial charge in [0.2, 0.25) is 10.0 Å². The van der Waals surface area contributed by atoms with Crippen LogP contribution in [0.3, 0.4) is 0 Å². The summed E-state index contributed by atoms with van der Waals surface area (Å²) in [5.74, 6) is 1.30. The lowest BCUT2D eigenvalue weighted by molar-refractivity contribution is 0.180. The van der Waals surface area contributed by atoms with E-state index in [4.69, 9.17) is 11.6 Å². The Bertz CT molecular complexity index is 325. The Balaban J connectivity index is 2.34. The Hall–Kier alpha value is 0.160. The third-order valence-electron chi connectivity index (χ3n) is 3.28. The molecule has 0 amide bonds. The highest BCUT2D eigenvalue weighted by Crippen LogP contribution is 2.11. The number of rotatable bonds is 7. The van der Waals surface area contributed by atoms with Crippen molar-refractivity contribution in [2.75, 3.05) is 44.4 Å². The normalized spacial score (nSPS) is 19.6. The second-order valence-corrected chi connectivity index (χ2v) is 7.75. The van der Waals surface area contributed by atoms with Crippen molar-refractivity contribution in [1.29, 1.82) is 0 Å². The van der Waals surface area contributed by atoms with Crippen LogP contribution in [0.15, 0.2) is 0 Å². The van der Waals surface area contributed by atoms with Crippen molar-refractivity contribution < 1.29 is 8.42 Å². The summed E-state index contributed by atoms with van der Waals surface area (Å²) in [6.45, 7) is 8.47. The summed E-state index contributed by atoms with van der Waals surface area (Å²) < 4.78 is 25.5. The summed E-state index contributed by atoms with van der Waals surface area (Å²) >= 11 is 5.55. The molecule has 0 radical (unpaired) electrons. The van der Waals surface area contributed by atoms with Crippen molar-refractivity contribution in [2.45, 2.75) is 26.7 Å². The van der Waals surface area contributed by atoms with E-state index < -0.39 is 10.0 Å². The molecular weight excluding hydrogens is 272 g/mol. The molecule has 4 nitrogen and oxygen atoms in total. The number of halogens is 1. The standard InChI is InChI=1S/C12H25ClN2O2S/c1-12(2)4-6-14-7-9-15(10-8-14)18(16,17)11-3-5-13/h12H,3-11H2,1-2H3. The first-order valence-corrected chi connectivity index (χ1v) is 8.86. The van der Waals surface area contributed by atoms with Gasteiger partial charge in [-0.3, -0.25) is 0 Å². The van der Waals surface area contributed by atoms with Crippen LogP contribution in [-0.2, 0) is 10.0 Å². The predicted molar refractivity (Wildman–Crippen MR) is 76.6 cm³/mol. The molecule has 1 aliphatic heterocycles. The third-order valence-corrected chi connectivity index (χ3v) is 5.51. The minimum absolute atomic E-state index is 0.183. The molecule has 1 rings (SSSR count). The highest BCUT2D eigenvalue weighted by Gasteiger charge is 2.26. The summed E-state index contributed by atoms with van der Waals surface area (Å²) in [6.07, 6.45) is 1.72. The monoisotopic (exact) mass is 296 g/mol. The van der Waals surface area contributed by atoms with Crippen LogP contribution < -0.4 is 0 Å². The molecule has 0 aromatic heterocycles. The highest BCUT2D eigenvalue weighted by molar-refractivity contribution is 7.89. The molecule has 6 heteroatoms. The van der Waals surface area contributed by atoms with Gasteiger partial charge in [-0.25, -0.2) is 8.42 Å². The van der Waals surface area contributed by atoms with Crippen molar-refractivity contribution in [2.24, 2.45) is 5.92 Å². The first-order chi connectivity index (χ1) is 8.45. The quantitative estimate of drug-likeness (QED) is 0.670. The lowest BCUT2D eigenvalue weighted by Crippen LogP contribution is -2.49. The molecule has 1 heterocycles. The van der Waals surface area contributed by atoms with E-state index in [9.17, 15) is 8.42 Å². The Morgan fingerprint density at radius 2 is 1.78 bits per heavy atom. The van der Waals surface area contributed by atoms with Gasteiger partial charge >= 0.3 is 0 Å². The Kier molecular flexibility index (Phi) is 6.92. The topological polar surface area (TPSA) is 40.6 Å². The van der Waals surface area contributed by atoms with Crippen LogP contribution in [0.1, 0.15) is 26.7 Å². The molecular formula is C12H25ClN2O2S. The van der Waals surface area contributed by atoms with Crippen LogP contribution in [0.4, 0.5) is 0 Å². The first-order valence-electron chi connectivity index (χ1n) is 6.72. The number of nitrogens with zero attached hydrogens (tertiary/aromatic N) is 2. The van der Waals surface area contributed by atoms with E-state index in [1.807, 2.05) is 0 Å². The van der Waals surface area contributed by atoms with E-state index in [-0.39, 0.29) is 5.75 Å². The third kappa shape index (κ3) is 5.43. The van der Waals surface area contributed by atoms with E-state index >= 15 is 0 Å². The van der Waals surface area contributed by atoms with Gasteiger partial charge < -0.3 is 4.90 Å². The van der Waals surface area contributed by atoms with Gasteiger partial charge in [-0.05, 0) is 25.3 Å². The molecule has 0 N–H and O–H groups in total. The van der Waals surface area contributed by atoms with Gasteiger partial charge in [0.05, 0.1) is 5.75 Å². The van der Waals surface area contributed by atoms with Gasteiger partial charge in [0.25, 0.3) is 0 Å². The van der Waals surface area contributed by atoms with Crippen molar-refractivity contribution in [1.82, 2.24) is 9.21 Å². The smallest absolute Gasteiger partial charge is 0.214 e. The molecule has 0 aliphatic carbocycles. The fraction of sp³-hybridized carbons (Fsp3) is 1.00. The zero-order valence-corrected chi connectivity index (χ0v) is 13.0. The average molecular weight is 297 g/mol. The van der Waals surface area contributed by atoms with Crippen molar-refractivity contribution >= 4 is 21.6 Å². The molecule has 0 atom stereocenters. The number of hydrogen-bond donors (Lipinski definition) is 0. The molecule has 0 aromatic carbocycles. The van der Waals surface area contributed by atoms with E-state index in [0.29, 0.717) is 31.3 Å². The minimum atomic E-state index is -3.08. The zero-order valence-electron chi connectivity index (χ0n) is 11.4. The van der Waals surface area contributed by atoms with E-state index in [2.05, 4.69) is 18.7 Å². The summed E-state index contributed by atoms with van der Waals surface area (Å²) in [7, 11) is -3.08. The molecule has 1 saturated heterocycles. The molecule has 18 heavy (non-hydrogen) atoms. The van der Waals surface area contributed by atoms with Crippen LogP contribution >= 0.6 is 11.6 Å². The van der Waals surface area contributed by atoms with Gasteiger partial charge in [0, 0.05) is 32.1 Å². The van der Waals surface area contributed by atoms with Crippen molar-refractivity contribution in [3.63, 3.8) is 0 Å². The van der Waals surface area contributed by atoms with Gasteiger partial charge in [-0.1, -0.05) is 13.8 Å². The van der Waals surface area contributed by atoms with E-state index in [0.717, 1.165) is 19.6 Å². The number of piperazine rings is 1. The van der Waals surface area contributed by atoms with Crippen molar-refractivity contribution in [3.05, 3.63) is 0 Å². The highest BCUT2D eigenvalue weighted by atomic mass is 35.5. The SMILES string of the molecule is CC(C)CCN1CCN(S(=O)(=O)CCCCl)CC1. The maximum atomic E-state index is 12.0. The molecule has 0 unspecified atom stereocenters. The Morgan fingerprint density at radius 1 is 1.17 bits per heavy atom. The summed E-state index contributed by atoms with van der Waals surface area (Å²) in [4.78, 5) is 2.35. The van der Waals surface area contributed by atoms with Gasteiger partial charge in [0.1, 0.15) is 0 Å².